The molecule has 2 aromatic carbocycles. The Morgan fingerprint density at radius 2 is 1.76 bits per heavy atom. The second kappa shape index (κ2) is 7.97. The number of aromatic nitrogens is 1. The fourth-order valence-electron chi connectivity index (χ4n) is 3.75. The van der Waals surface area contributed by atoms with Gasteiger partial charge in [-0.3, -0.25) is 4.79 Å². The number of fused-ring (bicyclic) bond motifs is 1. The van der Waals surface area contributed by atoms with Crippen molar-refractivity contribution in [2.24, 2.45) is 0 Å². The number of anilines is 1. The molecule has 0 aliphatic carbocycles. The lowest BCUT2D eigenvalue weighted by Gasteiger charge is -2.36. The first-order valence-corrected chi connectivity index (χ1v) is 10.0. The number of piperazine rings is 1. The van der Waals surface area contributed by atoms with E-state index in [1.165, 1.54) is 0 Å². The highest BCUT2D eigenvalue weighted by atomic mass is 35.5. The molecule has 0 saturated carbocycles. The van der Waals surface area contributed by atoms with Gasteiger partial charge in [-0.25, -0.2) is 4.79 Å². The van der Waals surface area contributed by atoms with E-state index in [2.05, 4.69) is 9.88 Å². The minimum absolute atomic E-state index is 0.00800. The zero-order valence-corrected chi connectivity index (χ0v) is 17.0. The Labute approximate surface area is 177 Å². The summed E-state index contributed by atoms with van der Waals surface area (Å²) in [4.78, 5) is 31.4. The summed E-state index contributed by atoms with van der Waals surface area (Å²) in [5.74, 6) is -1.20. The SMILES string of the molecule is O=C(O)c1[nH]c2ccc(Cl)cc2c1CC(=O)N1CCN(c2ccccc2Cl)CC1. The van der Waals surface area contributed by atoms with Gasteiger partial charge in [0.2, 0.25) is 5.91 Å². The van der Waals surface area contributed by atoms with Crippen LogP contribution in [0.5, 0.6) is 0 Å². The van der Waals surface area contributed by atoms with Crippen LogP contribution in [-0.2, 0) is 11.2 Å². The molecule has 8 heteroatoms. The zero-order chi connectivity index (χ0) is 20.5. The van der Waals surface area contributed by atoms with E-state index >= 15 is 0 Å². The number of benzene rings is 2. The molecule has 29 heavy (non-hydrogen) atoms. The predicted octanol–water partition coefficient (Wildman–Crippen LogP) is 4.06. The van der Waals surface area contributed by atoms with Gasteiger partial charge < -0.3 is 19.9 Å². The Morgan fingerprint density at radius 1 is 1.03 bits per heavy atom. The number of H-pyrrole nitrogens is 1. The average Bonchev–Trinajstić information content (AvgIpc) is 3.06. The molecule has 1 aliphatic rings. The number of carboxylic acids is 1. The number of aromatic amines is 1. The van der Waals surface area contributed by atoms with Gasteiger partial charge in [0.25, 0.3) is 0 Å². The number of aromatic carboxylic acids is 1. The summed E-state index contributed by atoms with van der Waals surface area (Å²) >= 11 is 12.4. The molecule has 1 amide bonds. The molecular formula is C21H19Cl2N3O3. The number of para-hydroxylation sites is 1. The zero-order valence-electron chi connectivity index (χ0n) is 15.5. The van der Waals surface area contributed by atoms with Crippen LogP contribution in [0.1, 0.15) is 16.1 Å². The van der Waals surface area contributed by atoms with E-state index in [-0.39, 0.29) is 18.0 Å². The van der Waals surface area contributed by atoms with Crippen LogP contribution in [0.25, 0.3) is 10.9 Å². The lowest BCUT2D eigenvalue weighted by Crippen LogP contribution is -2.49. The molecule has 0 atom stereocenters. The van der Waals surface area contributed by atoms with Gasteiger partial charge in [0.05, 0.1) is 17.1 Å². The Morgan fingerprint density at radius 3 is 2.45 bits per heavy atom. The summed E-state index contributed by atoms with van der Waals surface area (Å²) < 4.78 is 0. The standard InChI is InChI=1S/C21H19Cl2N3O3/c22-13-5-6-17-14(11-13)15(20(24-17)21(28)29)12-19(27)26-9-7-25(8-10-26)18-4-2-1-3-16(18)23/h1-6,11,24H,7-10,12H2,(H,28,29). The number of hydrogen-bond donors (Lipinski definition) is 2. The smallest absolute Gasteiger partial charge is 0.352 e. The van der Waals surface area contributed by atoms with Gasteiger partial charge in [0.15, 0.2) is 0 Å². The number of carbonyl (C=O) groups excluding carboxylic acids is 1. The number of carboxylic acid groups (broad SMARTS) is 1. The third-order valence-corrected chi connectivity index (χ3v) is 5.79. The van der Waals surface area contributed by atoms with Crippen molar-refractivity contribution in [1.29, 1.82) is 0 Å². The number of rotatable bonds is 4. The highest BCUT2D eigenvalue weighted by Gasteiger charge is 2.25. The monoisotopic (exact) mass is 431 g/mol. The van der Waals surface area contributed by atoms with Crippen LogP contribution < -0.4 is 4.90 Å². The van der Waals surface area contributed by atoms with Gasteiger partial charge in [-0.1, -0.05) is 35.3 Å². The summed E-state index contributed by atoms with van der Waals surface area (Å²) in [6.07, 6.45) is 0.00800. The molecule has 2 heterocycles. The topological polar surface area (TPSA) is 76.6 Å². The van der Waals surface area contributed by atoms with Crippen LogP contribution in [0.2, 0.25) is 10.0 Å². The molecule has 1 aliphatic heterocycles. The molecule has 0 spiro atoms. The van der Waals surface area contributed by atoms with Crippen molar-refractivity contribution in [3.8, 4) is 0 Å². The minimum atomic E-state index is -1.09. The van der Waals surface area contributed by atoms with Crippen molar-refractivity contribution >= 4 is 51.7 Å². The Bertz CT molecular complexity index is 1090. The molecule has 1 aromatic heterocycles. The highest BCUT2D eigenvalue weighted by Crippen LogP contribution is 2.28. The Hall–Kier alpha value is -2.70. The van der Waals surface area contributed by atoms with Gasteiger partial charge in [-0.2, -0.15) is 0 Å². The maximum absolute atomic E-state index is 12.9. The van der Waals surface area contributed by atoms with Gasteiger partial charge in [0.1, 0.15) is 5.69 Å². The van der Waals surface area contributed by atoms with E-state index in [0.29, 0.717) is 52.7 Å². The summed E-state index contributed by atoms with van der Waals surface area (Å²) in [6.45, 7) is 2.44. The fourth-order valence-corrected chi connectivity index (χ4v) is 4.18. The van der Waals surface area contributed by atoms with Crippen molar-refractivity contribution in [2.75, 3.05) is 31.1 Å². The lowest BCUT2D eigenvalue weighted by molar-refractivity contribution is -0.130. The Kier molecular flexibility index (Phi) is 5.39. The van der Waals surface area contributed by atoms with E-state index < -0.39 is 5.97 Å². The first-order chi connectivity index (χ1) is 13.9. The van der Waals surface area contributed by atoms with Crippen molar-refractivity contribution in [3.63, 3.8) is 0 Å². The molecule has 1 saturated heterocycles. The lowest BCUT2D eigenvalue weighted by atomic mass is 10.1. The van der Waals surface area contributed by atoms with Crippen LogP contribution in [0, 0.1) is 0 Å². The molecular weight excluding hydrogens is 413 g/mol. The first kappa shape index (κ1) is 19.6. The second-order valence-electron chi connectivity index (χ2n) is 6.97. The van der Waals surface area contributed by atoms with Crippen LogP contribution in [-0.4, -0.2) is 53.0 Å². The van der Waals surface area contributed by atoms with Crippen molar-refractivity contribution in [1.82, 2.24) is 9.88 Å². The van der Waals surface area contributed by atoms with E-state index in [9.17, 15) is 14.7 Å². The average molecular weight is 432 g/mol. The molecule has 6 nitrogen and oxygen atoms in total. The summed E-state index contributed by atoms with van der Waals surface area (Å²) in [6, 6.07) is 12.7. The first-order valence-electron chi connectivity index (χ1n) is 9.24. The third kappa shape index (κ3) is 3.91. The number of hydrogen-bond acceptors (Lipinski definition) is 3. The molecule has 1 fully saturated rings. The number of nitrogens with one attached hydrogen (secondary N) is 1. The van der Waals surface area contributed by atoms with Crippen molar-refractivity contribution in [3.05, 3.63) is 63.8 Å². The predicted molar refractivity (Wildman–Crippen MR) is 114 cm³/mol. The minimum Gasteiger partial charge on any atom is -0.477 e. The van der Waals surface area contributed by atoms with Gasteiger partial charge in [0, 0.05) is 47.7 Å². The van der Waals surface area contributed by atoms with E-state index in [1.54, 1.807) is 23.1 Å². The van der Waals surface area contributed by atoms with Gasteiger partial charge in [-0.05, 0) is 30.3 Å². The largest absolute Gasteiger partial charge is 0.477 e. The summed E-state index contributed by atoms with van der Waals surface area (Å²) in [5, 5.41) is 11.4. The van der Waals surface area contributed by atoms with Crippen LogP contribution in [0.15, 0.2) is 42.5 Å². The molecule has 3 aromatic rings. The molecule has 0 radical (unpaired) electrons. The van der Waals surface area contributed by atoms with E-state index in [4.69, 9.17) is 23.2 Å². The summed E-state index contributed by atoms with van der Waals surface area (Å²) in [7, 11) is 0. The van der Waals surface area contributed by atoms with Crippen LogP contribution in [0.3, 0.4) is 0 Å². The van der Waals surface area contributed by atoms with Gasteiger partial charge in [-0.15, -0.1) is 0 Å². The molecule has 2 N–H and O–H groups in total. The van der Waals surface area contributed by atoms with Gasteiger partial charge >= 0.3 is 5.97 Å². The fraction of sp³-hybridized carbons (Fsp3) is 0.238. The van der Waals surface area contributed by atoms with E-state index in [0.717, 1.165) is 5.69 Å². The second-order valence-corrected chi connectivity index (χ2v) is 7.81. The maximum Gasteiger partial charge on any atom is 0.352 e. The van der Waals surface area contributed by atoms with Crippen LogP contribution >= 0.6 is 23.2 Å². The quantitative estimate of drug-likeness (QED) is 0.652. The number of amides is 1. The Balaban J connectivity index is 1.51. The number of carbonyl (C=O) groups is 2. The molecule has 150 valence electrons. The number of halogens is 2. The summed E-state index contributed by atoms with van der Waals surface area (Å²) in [5.41, 5.74) is 2.11. The normalized spacial score (nSPS) is 14.4. The molecule has 0 unspecified atom stereocenters. The van der Waals surface area contributed by atoms with Crippen molar-refractivity contribution in [2.45, 2.75) is 6.42 Å². The molecule has 0 bridgehead atoms. The maximum atomic E-state index is 12.9. The number of nitrogens with zero attached hydrogens (tertiary/aromatic N) is 2. The highest BCUT2D eigenvalue weighted by molar-refractivity contribution is 6.33. The third-order valence-electron chi connectivity index (χ3n) is 5.24. The van der Waals surface area contributed by atoms with E-state index in [1.807, 2.05) is 24.3 Å². The van der Waals surface area contributed by atoms with Crippen molar-refractivity contribution < 1.29 is 14.7 Å². The molecule has 4 rings (SSSR count). The van der Waals surface area contributed by atoms with Crippen LogP contribution in [0.4, 0.5) is 5.69 Å².